The van der Waals surface area contributed by atoms with Crippen LogP contribution < -0.4 is 4.90 Å². The molecule has 1 aromatic heterocycles. The van der Waals surface area contributed by atoms with Crippen molar-refractivity contribution in [3.8, 4) is 44.5 Å². The summed E-state index contributed by atoms with van der Waals surface area (Å²) in [7, 11) is 0. The molecule has 0 saturated carbocycles. The molecule has 0 unspecified atom stereocenters. The van der Waals surface area contributed by atoms with Crippen molar-refractivity contribution in [2.45, 2.75) is 12.3 Å². The molecule has 0 amide bonds. The van der Waals surface area contributed by atoms with Gasteiger partial charge in [-0.2, -0.15) is 0 Å². The Labute approximate surface area is 343 Å². The van der Waals surface area contributed by atoms with E-state index in [4.69, 9.17) is 0 Å². The molecule has 1 heterocycles. The lowest BCUT2D eigenvalue weighted by Gasteiger charge is -2.28. The van der Waals surface area contributed by atoms with E-state index >= 15 is 0 Å². The van der Waals surface area contributed by atoms with Gasteiger partial charge in [-0.25, -0.2) is 0 Å². The summed E-state index contributed by atoms with van der Waals surface area (Å²) in [5.74, 6) is 0. The summed E-state index contributed by atoms with van der Waals surface area (Å²) in [5, 5.41) is 2.57. The Morgan fingerprint density at radius 2 is 0.776 bits per heavy atom. The third-order valence-corrected chi connectivity index (χ3v) is 13.3. The molecule has 2 heteroatoms. The first-order chi connectivity index (χ1) is 28.6. The number of anilines is 3. The summed E-state index contributed by atoms with van der Waals surface area (Å²) in [4.78, 5) is 2.39. The zero-order valence-electron chi connectivity index (χ0n) is 32.1. The Morgan fingerprint density at radius 1 is 0.345 bits per heavy atom. The van der Waals surface area contributed by atoms with E-state index in [1.807, 2.05) is 11.3 Å². The van der Waals surface area contributed by atoms with E-state index in [1.165, 1.54) is 81.4 Å². The monoisotopic (exact) mass is 757 g/mol. The van der Waals surface area contributed by atoms with E-state index < -0.39 is 0 Å². The topological polar surface area (TPSA) is 3.24 Å². The lowest BCUT2D eigenvalue weighted by atomic mass is 9.74. The molecular formula is C56H39NS. The van der Waals surface area contributed by atoms with E-state index in [0.29, 0.717) is 0 Å². The molecule has 0 bridgehead atoms. The molecule has 1 aliphatic rings. The van der Waals surface area contributed by atoms with Gasteiger partial charge >= 0.3 is 0 Å². The summed E-state index contributed by atoms with van der Waals surface area (Å²) in [6.45, 7) is 2.40. The summed E-state index contributed by atoms with van der Waals surface area (Å²) >= 11 is 1.89. The SMILES string of the molecule is CC1(c2ccc3c(c2)sc2ccc(N(c4ccc(-c5ccccc5)cc4)c4ccc(-c5ccc(-c6ccccc6)cc5)cc4)cc23)c2ccccc2-c2ccccc21. The highest BCUT2D eigenvalue weighted by Crippen LogP contribution is 2.53. The number of benzene rings is 9. The predicted octanol–water partition coefficient (Wildman–Crippen LogP) is 15.9. The first-order valence-corrected chi connectivity index (χ1v) is 20.8. The summed E-state index contributed by atoms with van der Waals surface area (Å²) in [6.07, 6.45) is 0. The molecule has 0 atom stereocenters. The van der Waals surface area contributed by atoms with Crippen molar-refractivity contribution in [3.63, 3.8) is 0 Å². The van der Waals surface area contributed by atoms with Crippen molar-refractivity contribution >= 4 is 48.6 Å². The van der Waals surface area contributed by atoms with E-state index in [1.54, 1.807) is 0 Å². The van der Waals surface area contributed by atoms with Crippen LogP contribution in [0.5, 0.6) is 0 Å². The van der Waals surface area contributed by atoms with Gasteiger partial charge in [-0.1, -0.05) is 170 Å². The third-order valence-electron chi connectivity index (χ3n) is 12.2. The number of nitrogens with zero attached hydrogens (tertiary/aromatic N) is 1. The van der Waals surface area contributed by atoms with Crippen molar-refractivity contribution in [1.29, 1.82) is 0 Å². The second-order valence-corrected chi connectivity index (χ2v) is 16.5. The van der Waals surface area contributed by atoms with Crippen LogP contribution in [0.4, 0.5) is 17.1 Å². The fourth-order valence-corrected chi connectivity index (χ4v) is 10.3. The van der Waals surface area contributed by atoms with Crippen LogP contribution in [-0.2, 0) is 5.41 Å². The molecule has 10 aromatic rings. The summed E-state index contributed by atoms with van der Waals surface area (Å²) in [5.41, 5.74) is 17.2. The predicted molar refractivity (Wildman–Crippen MR) is 248 cm³/mol. The van der Waals surface area contributed by atoms with Crippen LogP contribution in [0.25, 0.3) is 64.7 Å². The van der Waals surface area contributed by atoms with Gasteiger partial charge in [0.05, 0.1) is 0 Å². The normalized spacial score (nSPS) is 12.7. The lowest BCUT2D eigenvalue weighted by Crippen LogP contribution is -2.22. The molecule has 9 aromatic carbocycles. The number of hydrogen-bond acceptors (Lipinski definition) is 2. The molecule has 0 aliphatic heterocycles. The molecule has 0 saturated heterocycles. The maximum Gasteiger partial charge on any atom is 0.0468 e. The van der Waals surface area contributed by atoms with Crippen molar-refractivity contribution in [3.05, 3.63) is 235 Å². The molecule has 58 heavy (non-hydrogen) atoms. The van der Waals surface area contributed by atoms with E-state index in [-0.39, 0.29) is 5.41 Å². The minimum absolute atomic E-state index is 0.221. The van der Waals surface area contributed by atoms with Crippen molar-refractivity contribution in [1.82, 2.24) is 0 Å². The highest BCUT2D eigenvalue weighted by molar-refractivity contribution is 7.25. The molecule has 0 radical (unpaired) electrons. The number of rotatable bonds is 7. The second kappa shape index (κ2) is 13.9. The molecule has 0 N–H and O–H groups in total. The fourth-order valence-electron chi connectivity index (χ4n) is 9.15. The quantitative estimate of drug-likeness (QED) is 0.156. The molecular weight excluding hydrogens is 719 g/mol. The van der Waals surface area contributed by atoms with E-state index in [9.17, 15) is 0 Å². The van der Waals surface area contributed by atoms with Gasteiger partial charge in [0, 0.05) is 42.6 Å². The average molecular weight is 758 g/mol. The van der Waals surface area contributed by atoms with Crippen molar-refractivity contribution in [2.75, 3.05) is 4.90 Å². The molecule has 11 rings (SSSR count). The van der Waals surface area contributed by atoms with Gasteiger partial charge in [0.1, 0.15) is 0 Å². The average Bonchev–Trinajstić information content (AvgIpc) is 3.80. The number of thiophene rings is 1. The summed E-state index contributed by atoms with van der Waals surface area (Å²) < 4.78 is 2.61. The maximum atomic E-state index is 2.45. The van der Waals surface area contributed by atoms with Crippen LogP contribution in [0.15, 0.2) is 218 Å². The van der Waals surface area contributed by atoms with Gasteiger partial charge < -0.3 is 4.90 Å². The van der Waals surface area contributed by atoms with Crippen LogP contribution in [0, 0.1) is 0 Å². The summed E-state index contributed by atoms with van der Waals surface area (Å²) in [6, 6.07) is 80.0. The Bertz CT molecular complexity index is 3040. The van der Waals surface area contributed by atoms with E-state index in [2.05, 4.69) is 230 Å². The van der Waals surface area contributed by atoms with Crippen LogP contribution in [0.1, 0.15) is 23.6 Å². The van der Waals surface area contributed by atoms with Crippen LogP contribution in [0.2, 0.25) is 0 Å². The highest BCUT2D eigenvalue weighted by atomic mass is 32.1. The zero-order valence-corrected chi connectivity index (χ0v) is 33.0. The van der Waals surface area contributed by atoms with Crippen LogP contribution in [-0.4, -0.2) is 0 Å². The van der Waals surface area contributed by atoms with Gasteiger partial charge in [0.15, 0.2) is 0 Å². The largest absolute Gasteiger partial charge is 0.310 e. The van der Waals surface area contributed by atoms with Crippen molar-refractivity contribution in [2.24, 2.45) is 0 Å². The van der Waals surface area contributed by atoms with Gasteiger partial charge in [-0.15, -0.1) is 11.3 Å². The molecule has 0 spiro atoms. The van der Waals surface area contributed by atoms with Gasteiger partial charge in [0.25, 0.3) is 0 Å². The number of fused-ring (bicyclic) bond motifs is 6. The smallest absolute Gasteiger partial charge is 0.0468 e. The first kappa shape index (κ1) is 34.3. The standard InChI is InChI=1S/C56H39NS/c1-56(52-18-10-8-16-48(52)49-17-9-11-19-53(49)56)44-28-34-50-51-37-47(33-35-54(51)58-55(50)36-44)57(45-29-24-42(25-30-45)39-14-6-3-7-15-39)46-31-26-43(27-32-46)41-22-20-40(21-23-41)38-12-4-2-5-13-38/h2-37H,1H3. The van der Waals surface area contributed by atoms with Crippen LogP contribution >= 0.6 is 11.3 Å². The van der Waals surface area contributed by atoms with Crippen molar-refractivity contribution < 1.29 is 0 Å². The van der Waals surface area contributed by atoms with Gasteiger partial charge in [-0.05, 0) is 117 Å². The number of hydrogen-bond donors (Lipinski definition) is 0. The minimum Gasteiger partial charge on any atom is -0.310 e. The Morgan fingerprint density at radius 3 is 1.29 bits per heavy atom. The van der Waals surface area contributed by atoms with Gasteiger partial charge in [0.2, 0.25) is 0 Å². The Balaban J connectivity index is 0.988. The second-order valence-electron chi connectivity index (χ2n) is 15.4. The lowest BCUT2D eigenvalue weighted by molar-refractivity contribution is 0.715. The maximum absolute atomic E-state index is 2.45. The molecule has 1 nitrogen and oxygen atoms in total. The third kappa shape index (κ3) is 5.68. The molecule has 274 valence electrons. The minimum atomic E-state index is -0.221. The molecule has 1 aliphatic carbocycles. The fraction of sp³-hybridized carbons (Fsp3) is 0.0357. The Hall–Kier alpha value is -7.00. The zero-order chi connectivity index (χ0) is 38.6. The Kier molecular flexibility index (Phi) is 8.20. The first-order valence-electron chi connectivity index (χ1n) is 20.0. The highest BCUT2D eigenvalue weighted by Gasteiger charge is 2.40. The van der Waals surface area contributed by atoms with Crippen LogP contribution in [0.3, 0.4) is 0 Å². The van der Waals surface area contributed by atoms with Gasteiger partial charge in [-0.3, -0.25) is 0 Å². The molecule has 0 fully saturated rings. The van der Waals surface area contributed by atoms with E-state index in [0.717, 1.165) is 17.1 Å².